The third kappa shape index (κ3) is 1.52. The van der Waals surface area contributed by atoms with Crippen LogP contribution >= 0.6 is 0 Å². The van der Waals surface area contributed by atoms with E-state index in [0.29, 0.717) is 5.41 Å². The van der Waals surface area contributed by atoms with Crippen LogP contribution in [0.25, 0.3) is 0 Å². The molecule has 0 aromatic rings. The topological polar surface area (TPSA) is 41.6 Å². The summed E-state index contributed by atoms with van der Waals surface area (Å²) < 4.78 is 0. The maximum absolute atomic E-state index is 6.07. The molecule has 1 aliphatic carbocycles. The molecule has 1 atom stereocenters. The Hall–Kier alpha value is -0.730. The average molecular weight is 223 g/mol. The lowest BCUT2D eigenvalue weighted by Crippen LogP contribution is -2.61. The molecule has 92 valence electrons. The fourth-order valence-corrected chi connectivity index (χ4v) is 3.50. The van der Waals surface area contributed by atoms with Crippen molar-refractivity contribution in [2.75, 3.05) is 13.1 Å². The van der Waals surface area contributed by atoms with E-state index >= 15 is 0 Å². The predicted molar refractivity (Wildman–Crippen MR) is 68.5 cm³/mol. The molecular weight excluding hydrogens is 198 g/mol. The quantitative estimate of drug-likeness (QED) is 0.781. The molecule has 1 saturated carbocycles. The number of aliphatic imine (C=N–C) groups is 1. The molecule has 2 aliphatic rings. The minimum Gasteiger partial charge on any atom is -0.370 e. The van der Waals surface area contributed by atoms with Crippen molar-refractivity contribution in [1.29, 1.82) is 0 Å². The van der Waals surface area contributed by atoms with E-state index in [1.165, 1.54) is 25.7 Å². The number of hydrogen-bond donors (Lipinski definition) is 1. The SMILES string of the molecule is CCCN1C(N)=NCC12CCCCC2(C)C. The van der Waals surface area contributed by atoms with Gasteiger partial charge in [-0.2, -0.15) is 0 Å². The fourth-order valence-electron chi connectivity index (χ4n) is 3.50. The summed E-state index contributed by atoms with van der Waals surface area (Å²) in [6.45, 7) is 8.96. The number of rotatable bonds is 2. The van der Waals surface area contributed by atoms with Crippen molar-refractivity contribution >= 4 is 5.96 Å². The van der Waals surface area contributed by atoms with Gasteiger partial charge in [0.05, 0.1) is 12.1 Å². The number of nitrogens with zero attached hydrogens (tertiary/aromatic N) is 2. The molecule has 3 nitrogen and oxygen atoms in total. The minimum absolute atomic E-state index is 0.214. The Morgan fingerprint density at radius 1 is 1.31 bits per heavy atom. The van der Waals surface area contributed by atoms with Crippen LogP contribution in [0, 0.1) is 5.41 Å². The van der Waals surface area contributed by atoms with Gasteiger partial charge in [0.2, 0.25) is 0 Å². The molecule has 1 heterocycles. The molecule has 3 heteroatoms. The van der Waals surface area contributed by atoms with Gasteiger partial charge >= 0.3 is 0 Å². The van der Waals surface area contributed by atoms with Gasteiger partial charge in [-0.25, -0.2) is 0 Å². The van der Waals surface area contributed by atoms with E-state index in [9.17, 15) is 0 Å². The Labute approximate surface area is 99.1 Å². The van der Waals surface area contributed by atoms with E-state index < -0.39 is 0 Å². The van der Waals surface area contributed by atoms with Gasteiger partial charge in [-0.3, -0.25) is 4.99 Å². The molecule has 0 saturated heterocycles. The van der Waals surface area contributed by atoms with E-state index in [1.54, 1.807) is 0 Å². The predicted octanol–water partition coefficient (Wildman–Crippen LogP) is 2.37. The molecular formula is C13H25N3. The van der Waals surface area contributed by atoms with E-state index in [-0.39, 0.29) is 5.54 Å². The Bertz CT molecular complexity index is 296. The monoisotopic (exact) mass is 223 g/mol. The fraction of sp³-hybridized carbons (Fsp3) is 0.923. The van der Waals surface area contributed by atoms with Gasteiger partial charge < -0.3 is 10.6 Å². The Morgan fingerprint density at radius 2 is 2.00 bits per heavy atom. The second-order valence-electron chi connectivity index (χ2n) is 5.95. The first-order chi connectivity index (χ1) is 7.53. The van der Waals surface area contributed by atoms with Crippen molar-refractivity contribution in [3.63, 3.8) is 0 Å². The first kappa shape index (κ1) is 11.7. The summed E-state index contributed by atoms with van der Waals surface area (Å²) in [7, 11) is 0. The van der Waals surface area contributed by atoms with Crippen LogP contribution in [0.5, 0.6) is 0 Å². The van der Waals surface area contributed by atoms with Crippen LogP contribution in [0.15, 0.2) is 4.99 Å². The molecule has 0 radical (unpaired) electrons. The summed E-state index contributed by atoms with van der Waals surface area (Å²) in [4.78, 5) is 6.92. The second-order valence-corrected chi connectivity index (χ2v) is 5.95. The molecule has 0 aromatic carbocycles. The molecule has 0 bridgehead atoms. The molecule has 0 aromatic heterocycles. The number of nitrogens with two attached hydrogens (primary N) is 1. The van der Waals surface area contributed by atoms with Crippen LogP contribution in [0.2, 0.25) is 0 Å². The van der Waals surface area contributed by atoms with E-state index in [2.05, 4.69) is 30.7 Å². The third-order valence-electron chi connectivity index (χ3n) is 4.64. The Balaban J connectivity index is 2.29. The van der Waals surface area contributed by atoms with Crippen molar-refractivity contribution in [3.05, 3.63) is 0 Å². The van der Waals surface area contributed by atoms with Crippen LogP contribution in [0.3, 0.4) is 0 Å². The molecule has 2 N–H and O–H groups in total. The number of guanidine groups is 1. The van der Waals surface area contributed by atoms with Gasteiger partial charge in [0.15, 0.2) is 5.96 Å². The maximum Gasteiger partial charge on any atom is 0.191 e. The summed E-state index contributed by atoms with van der Waals surface area (Å²) in [5, 5.41) is 0. The highest BCUT2D eigenvalue weighted by molar-refractivity contribution is 5.81. The largest absolute Gasteiger partial charge is 0.370 e. The molecule has 0 amide bonds. The summed E-state index contributed by atoms with van der Waals surface area (Å²) in [6, 6.07) is 0. The van der Waals surface area contributed by atoms with Gasteiger partial charge in [0.1, 0.15) is 0 Å². The van der Waals surface area contributed by atoms with E-state index in [0.717, 1.165) is 25.5 Å². The second kappa shape index (κ2) is 3.94. The summed E-state index contributed by atoms with van der Waals surface area (Å²) in [6.07, 6.45) is 6.38. The Kier molecular flexibility index (Phi) is 2.89. The normalized spacial score (nSPS) is 33.2. The van der Waals surface area contributed by atoms with Crippen molar-refractivity contribution in [2.45, 2.75) is 58.4 Å². The van der Waals surface area contributed by atoms with Crippen molar-refractivity contribution in [1.82, 2.24) is 4.90 Å². The van der Waals surface area contributed by atoms with Gasteiger partial charge in [0.25, 0.3) is 0 Å². The third-order valence-corrected chi connectivity index (χ3v) is 4.64. The van der Waals surface area contributed by atoms with Crippen LogP contribution in [-0.2, 0) is 0 Å². The van der Waals surface area contributed by atoms with Gasteiger partial charge in [-0.15, -0.1) is 0 Å². The molecule has 16 heavy (non-hydrogen) atoms. The zero-order valence-corrected chi connectivity index (χ0v) is 10.9. The average Bonchev–Trinajstić information content (AvgIpc) is 2.53. The Morgan fingerprint density at radius 3 is 2.62 bits per heavy atom. The standard InChI is InChI=1S/C13H25N3/c1-4-9-16-11(14)15-10-13(16)8-6-5-7-12(13,2)3/h4-10H2,1-3H3,(H2,14,15). The van der Waals surface area contributed by atoms with Gasteiger partial charge in [-0.05, 0) is 24.7 Å². The lowest BCUT2D eigenvalue weighted by molar-refractivity contribution is 0.00933. The van der Waals surface area contributed by atoms with E-state index in [4.69, 9.17) is 5.73 Å². The van der Waals surface area contributed by atoms with Crippen molar-refractivity contribution in [2.24, 2.45) is 16.1 Å². The first-order valence-electron chi connectivity index (χ1n) is 6.61. The highest BCUT2D eigenvalue weighted by atomic mass is 15.4. The lowest BCUT2D eigenvalue weighted by Gasteiger charge is -2.53. The molecule has 1 fully saturated rings. The van der Waals surface area contributed by atoms with Crippen LogP contribution in [-0.4, -0.2) is 29.5 Å². The van der Waals surface area contributed by atoms with Crippen LogP contribution in [0.1, 0.15) is 52.9 Å². The molecule has 1 aliphatic heterocycles. The number of hydrogen-bond acceptors (Lipinski definition) is 3. The lowest BCUT2D eigenvalue weighted by atomic mass is 9.62. The zero-order valence-electron chi connectivity index (χ0n) is 10.9. The van der Waals surface area contributed by atoms with Crippen LogP contribution in [0.4, 0.5) is 0 Å². The molecule has 1 spiro atoms. The minimum atomic E-state index is 0.214. The zero-order chi connectivity index (χ0) is 11.8. The van der Waals surface area contributed by atoms with Gasteiger partial charge in [-0.1, -0.05) is 33.6 Å². The van der Waals surface area contributed by atoms with Crippen molar-refractivity contribution < 1.29 is 0 Å². The first-order valence-corrected chi connectivity index (χ1v) is 6.61. The van der Waals surface area contributed by atoms with Gasteiger partial charge in [0, 0.05) is 6.54 Å². The maximum atomic E-state index is 6.07. The van der Waals surface area contributed by atoms with Crippen LogP contribution < -0.4 is 5.73 Å². The van der Waals surface area contributed by atoms with Crippen molar-refractivity contribution in [3.8, 4) is 0 Å². The summed E-state index contributed by atoms with van der Waals surface area (Å²) >= 11 is 0. The summed E-state index contributed by atoms with van der Waals surface area (Å²) in [5.74, 6) is 0.775. The summed E-state index contributed by atoms with van der Waals surface area (Å²) in [5.41, 5.74) is 6.62. The highest BCUT2D eigenvalue weighted by Crippen LogP contribution is 2.49. The smallest absolute Gasteiger partial charge is 0.191 e. The van der Waals surface area contributed by atoms with E-state index in [1.807, 2.05) is 0 Å². The highest BCUT2D eigenvalue weighted by Gasteiger charge is 2.53. The molecule has 1 unspecified atom stereocenters. The molecule has 2 rings (SSSR count).